The Balaban J connectivity index is 2.24. The van der Waals surface area contributed by atoms with Crippen LogP contribution < -0.4 is 9.47 Å². The molecule has 1 amide bonds. The Morgan fingerprint density at radius 1 is 1.33 bits per heavy atom. The van der Waals surface area contributed by atoms with Crippen molar-refractivity contribution >= 4 is 5.91 Å². The third-order valence-corrected chi connectivity index (χ3v) is 4.19. The lowest BCUT2D eigenvalue weighted by Gasteiger charge is -2.19. The zero-order valence-electron chi connectivity index (χ0n) is 13.0. The Bertz CT molecular complexity index is 502. The molecule has 2 atom stereocenters. The minimum Gasteiger partial charge on any atom is -0.496 e. The average molecular weight is 293 g/mol. The van der Waals surface area contributed by atoms with E-state index in [1.165, 1.54) is 0 Å². The Morgan fingerprint density at radius 3 is 2.33 bits per heavy atom. The predicted molar refractivity (Wildman–Crippen MR) is 80.0 cm³/mol. The summed E-state index contributed by atoms with van der Waals surface area (Å²) in [6.07, 6.45) is 0.452. The Labute approximate surface area is 125 Å². The summed E-state index contributed by atoms with van der Waals surface area (Å²) >= 11 is 0. The molecule has 1 aromatic rings. The number of methoxy groups -OCH3 is 2. The van der Waals surface area contributed by atoms with Crippen molar-refractivity contribution in [2.75, 3.05) is 27.3 Å². The highest BCUT2D eigenvalue weighted by Gasteiger charge is 2.30. The van der Waals surface area contributed by atoms with Gasteiger partial charge in [-0.25, -0.2) is 0 Å². The lowest BCUT2D eigenvalue weighted by molar-refractivity contribution is 0.0761. The van der Waals surface area contributed by atoms with Crippen LogP contribution in [-0.2, 0) is 0 Å². The van der Waals surface area contributed by atoms with E-state index < -0.39 is 0 Å². The quantitative estimate of drug-likeness (QED) is 0.920. The second-order valence-corrected chi connectivity index (χ2v) is 5.55. The zero-order valence-corrected chi connectivity index (χ0v) is 13.0. The first-order valence-electron chi connectivity index (χ1n) is 7.18. The molecule has 1 aliphatic rings. The number of amides is 1. The molecule has 2 unspecified atom stereocenters. The van der Waals surface area contributed by atoms with Gasteiger partial charge in [0.05, 0.1) is 20.3 Å². The molecule has 0 aliphatic carbocycles. The normalized spacial score (nSPS) is 19.5. The number of aliphatic hydroxyl groups excluding tert-OH is 1. The van der Waals surface area contributed by atoms with Crippen LogP contribution in [0.3, 0.4) is 0 Å². The van der Waals surface area contributed by atoms with Gasteiger partial charge < -0.3 is 19.5 Å². The van der Waals surface area contributed by atoms with E-state index in [1.54, 1.807) is 38.2 Å². The summed E-state index contributed by atoms with van der Waals surface area (Å²) in [7, 11) is 3.16. The number of likely N-dealkylation sites (tertiary alicyclic amines) is 1. The fourth-order valence-electron chi connectivity index (χ4n) is 2.76. The first kappa shape index (κ1) is 15.6. The number of nitrogens with zero attached hydrogens (tertiary/aromatic N) is 1. The number of carbonyl (C=O) groups excluding carboxylic acids is 1. The van der Waals surface area contributed by atoms with Gasteiger partial charge in [-0.15, -0.1) is 0 Å². The van der Waals surface area contributed by atoms with Crippen LogP contribution in [0.2, 0.25) is 0 Å². The summed E-state index contributed by atoms with van der Waals surface area (Å²) in [6, 6.07) is 3.49. The number of benzene rings is 1. The Hall–Kier alpha value is -1.75. The highest BCUT2D eigenvalue weighted by atomic mass is 16.5. The van der Waals surface area contributed by atoms with Crippen molar-refractivity contribution in [1.29, 1.82) is 0 Å². The molecule has 0 radical (unpaired) electrons. The van der Waals surface area contributed by atoms with E-state index in [1.807, 2.05) is 6.92 Å². The van der Waals surface area contributed by atoms with Crippen LogP contribution in [0.5, 0.6) is 11.5 Å². The number of carbonyl (C=O) groups is 1. The predicted octanol–water partition coefficient (Wildman–Crippen LogP) is 1.86. The third kappa shape index (κ3) is 3.13. The van der Waals surface area contributed by atoms with E-state index in [9.17, 15) is 9.90 Å². The van der Waals surface area contributed by atoms with E-state index in [0.717, 1.165) is 12.0 Å². The Kier molecular flexibility index (Phi) is 4.73. The van der Waals surface area contributed by atoms with Gasteiger partial charge in [-0.3, -0.25) is 4.79 Å². The van der Waals surface area contributed by atoms with Gasteiger partial charge in [0.1, 0.15) is 11.5 Å². The molecule has 0 aromatic heterocycles. The van der Waals surface area contributed by atoms with E-state index >= 15 is 0 Å². The molecule has 0 saturated carbocycles. The molecule has 0 spiro atoms. The SMILES string of the molecule is COc1cc(C(=O)N2CCC(C(C)O)C2)cc(OC)c1C. The standard InChI is InChI=1S/C16H23NO4/c1-10-14(20-3)7-13(8-15(10)21-4)16(19)17-6-5-12(9-17)11(2)18/h7-8,11-12,18H,5-6,9H2,1-4H3. The first-order valence-corrected chi connectivity index (χ1v) is 7.18. The van der Waals surface area contributed by atoms with Crippen LogP contribution in [-0.4, -0.2) is 49.3 Å². The third-order valence-electron chi connectivity index (χ3n) is 4.19. The highest BCUT2D eigenvalue weighted by molar-refractivity contribution is 5.95. The van der Waals surface area contributed by atoms with Gasteiger partial charge in [0.25, 0.3) is 5.91 Å². The van der Waals surface area contributed by atoms with Gasteiger partial charge in [-0.2, -0.15) is 0 Å². The molecule has 0 bridgehead atoms. The van der Waals surface area contributed by atoms with Gasteiger partial charge in [-0.05, 0) is 32.4 Å². The highest BCUT2D eigenvalue weighted by Crippen LogP contribution is 2.31. The molecule has 116 valence electrons. The molecule has 5 nitrogen and oxygen atoms in total. The average Bonchev–Trinajstić information content (AvgIpc) is 2.96. The minimum atomic E-state index is -0.384. The van der Waals surface area contributed by atoms with Crippen molar-refractivity contribution in [2.45, 2.75) is 26.4 Å². The topological polar surface area (TPSA) is 59.0 Å². The summed E-state index contributed by atoms with van der Waals surface area (Å²) in [5, 5.41) is 9.65. The van der Waals surface area contributed by atoms with Crippen LogP contribution in [0.15, 0.2) is 12.1 Å². The van der Waals surface area contributed by atoms with Crippen LogP contribution in [0.25, 0.3) is 0 Å². The molecule has 1 saturated heterocycles. The summed E-state index contributed by atoms with van der Waals surface area (Å²) in [6.45, 7) is 4.93. The molecule has 1 aliphatic heterocycles. The largest absolute Gasteiger partial charge is 0.496 e. The van der Waals surface area contributed by atoms with Crippen molar-refractivity contribution in [3.8, 4) is 11.5 Å². The van der Waals surface area contributed by atoms with E-state index in [0.29, 0.717) is 30.2 Å². The molecule has 1 fully saturated rings. The smallest absolute Gasteiger partial charge is 0.254 e. The summed E-state index contributed by atoms with van der Waals surface area (Å²) in [5.74, 6) is 1.39. The maximum Gasteiger partial charge on any atom is 0.254 e. The van der Waals surface area contributed by atoms with Crippen molar-refractivity contribution in [3.63, 3.8) is 0 Å². The fourth-order valence-corrected chi connectivity index (χ4v) is 2.76. The second kappa shape index (κ2) is 6.35. The number of rotatable bonds is 4. The van der Waals surface area contributed by atoms with Crippen molar-refractivity contribution in [3.05, 3.63) is 23.3 Å². The maximum absolute atomic E-state index is 12.6. The molecule has 5 heteroatoms. The zero-order chi connectivity index (χ0) is 15.6. The summed E-state index contributed by atoms with van der Waals surface area (Å²) < 4.78 is 10.6. The molecule has 1 aromatic carbocycles. The van der Waals surface area contributed by atoms with Gasteiger partial charge in [-0.1, -0.05) is 0 Å². The fraction of sp³-hybridized carbons (Fsp3) is 0.562. The molecule has 21 heavy (non-hydrogen) atoms. The van der Waals surface area contributed by atoms with Gasteiger partial charge in [0, 0.05) is 30.1 Å². The molecule has 1 heterocycles. The number of hydrogen-bond donors (Lipinski definition) is 1. The minimum absolute atomic E-state index is 0.0465. The van der Waals surface area contributed by atoms with Crippen LogP contribution in [0.4, 0.5) is 0 Å². The van der Waals surface area contributed by atoms with E-state index in [-0.39, 0.29) is 17.9 Å². The van der Waals surface area contributed by atoms with Gasteiger partial charge in [0.2, 0.25) is 0 Å². The molecular formula is C16H23NO4. The summed E-state index contributed by atoms with van der Waals surface area (Å²) in [4.78, 5) is 14.4. The van der Waals surface area contributed by atoms with Crippen molar-refractivity contribution < 1.29 is 19.4 Å². The van der Waals surface area contributed by atoms with Crippen LogP contribution >= 0.6 is 0 Å². The molecular weight excluding hydrogens is 270 g/mol. The van der Waals surface area contributed by atoms with Crippen molar-refractivity contribution in [1.82, 2.24) is 4.90 Å². The second-order valence-electron chi connectivity index (χ2n) is 5.55. The molecule has 1 N–H and O–H groups in total. The number of ether oxygens (including phenoxy) is 2. The maximum atomic E-state index is 12.6. The molecule has 2 rings (SSSR count). The Morgan fingerprint density at radius 2 is 1.90 bits per heavy atom. The van der Waals surface area contributed by atoms with Crippen LogP contribution in [0, 0.1) is 12.8 Å². The van der Waals surface area contributed by atoms with E-state index in [2.05, 4.69) is 0 Å². The monoisotopic (exact) mass is 293 g/mol. The van der Waals surface area contributed by atoms with Crippen LogP contribution in [0.1, 0.15) is 29.3 Å². The lowest BCUT2D eigenvalue weighted by atomic mass is 10.0. The number of aliphatic hydroxyl groups is 1. The number of hydrogen-bond acceptors (Lipinski definition) is 4. The first-order chi connectivity index (χ1) is 9.97. The van der Waals surface area contributed by atoms with Crippen molar-refractivity contribution in [2.24, 2.45) is 5.92 Å². The lowest BCUT2D eigenvalue weighted by Crippen LogP contribution is -2.30. The van der Waals surface area contributed by atoms with E-state index in [4.69, 9.17) is 9.47 Å². The summed E-state index contributed by atoms with van der Waals surface area (Å²) in [5.41, 5.74) is 1.43. The van der Waals surface area contributed by atoms with Gasteiger partial charge in [0.15, 0.2) is 0 Å². The van der Waals surface area contributed by atoms with Gasteiger partial charge >= 0.3 is 0 Å².